The van der Waals surface area contributed by atoms with E-state index < -0.39 is 0 Å². The normalized spacial score (nSPS) is 16.0. The summed E-state index contributed by atoms with van der Waals surface area (Å²) < 4.78 is 0. The number of nitrogens with zero attached hydrogens (tertiary/aromatic N) is 1. The first kappa shape index (κ1) is 15.6. The number of hydrogen-bond acceptors (Lipinski definition) is 2. The lowest BCUT2D eigenvalue weighted by Crippen LogP contribution is -2.39. The van der Waals surface area contributed by atoms with Crippen molar-refractivity contribution in [2.45, 2.75) is 32.4 Å². The van der Waals surface area contributed by atoms with Gasteiger partial charge in [-0.3, -0.25) is 4.79 Å². The molecule has 0 aliphatic heterocycles. The van der Waals surface area contributed by atoms with E-state index in [0.29, 0.717) is 29.2 Å². The van der Waals surface area contributed by atoms with Gasteiger partial charge in [0.05, 0.1) is 10.0 Å². The van der Waals surface area contributed by atoms with Crippen LogP contribution in [0.1, 0.15) is 25.3 Å². The van der Waals surface area contributed by atoms with Gasteiger partial charge >= 0.3 is 0 Å². The summed E-state index contributed by atoms with van der Waals surface area (Å²) in [6, 6.07) is 5.94. The van der Waals surface area contributed by atoms with E-state index in [0.717, 1.165) is 18.4 Å². The van der Waals surface area contributed by atoms with Crippen molar-refractivity contribution in [2.75, 3.05) is 13.6 Å². The van der Waals surface area contributed by atoms with Crippen LogP contribution < -0.4 is 5.32 Å². The molecule has 0 spiro atoms. The summed E-state index contributed by atoms with van der Waals surface area (Å²) in [7, 11) is 1.87. The Hall–Kier alpha value is -0.770. The van der Waals surface area contributed by atoms with Gasteiger partial charge < -0.3 is 10.2 Å². The summed E-state index contributed by atoms with van der Waals surface area (Å²) in [5.74, 6) is 0.191. The van der Waals surface area contributed by atoms with E-state index in [1.54, 1.807) is 6.07 Å². The molecule has 1 fully saturated rings. The van der Waals surface area contributed by atoms with Gasteiger partial charge in [0.2, 0.25) is 5.91 Å². The molecule has 1 aromatic carbocycles. The minimum absolute atomic E-state index is 0.0108. The van der Waals surface area contributed by atoms with Crippen molar-refractivity contribution in [3.8, 4) is 0 Å². The Balaban J connectivity index is 2.09. The molecule has 0 radical (unpaired) electrons. The lowest BCUT2D eigenvalue weighted by molar-refractivity contribution is -0.136. The van der Waals surface area contributed by atoms with Crippen LogP contribution >= 0.6 is 23.2 Å². The Bertz CT molecular complexity index is 489. The predicted octanol–water partition coefficient (Wildman–Crippen LogP) is 3.34. The van der Waals surface area contributed by atoms with Crippen LogP contribution in [0, 0.1) is 5.92 Å². The predicted molar refractivity (Wildman–Crippen MR) is 83.1 cm³/mol. The summed E-state index contributed by atoms with van der Waals surface area (Å²) >= 11 is 12.0. The molecule has 1 aliphatic carbocycles. The quantitative estimate of drug-likeness (QED) is 0.873. The molecular formula is C15H20Cl2N2O. The van der Waals surface area contributed by atoms with Crippen molar-refractivity contribution in [3.05, 3.63) is 33.8 Å². The highest BCUT2D eigenvalue weighted by Crippen LogP contribution is 2.31. The fourth-order valence-electron chi connectivity index (χ4n) is 2.28. The van der Waals surface area contributed by atoms with Crippen molar-refractivity contribution < 1.29 is 4.79 Å². The van der Waals surface area contributed by atoms with Crippen LogP contribution in [0.15, 0.2) is 18.2 Å². The van der Waals surface area contributed by atoms with E-state index in [1.165, 1.54) is 0 Å². The lowest BCUT2D eigenvalue weighted by Gasteiger charge is -2.26. The Morgan fingerprint density at radius 2 is 2.10 bits per heavy atom. The third kappa shape index (κ3) is 3.87. The Kier molecular flexibility index (Phi) is 5.30. The zero-order valence-electron chi connectivity index (χ0n) is 11.8. The minimum Gasteiger partial charge on any atom is -0.335 e. The highest BCUT2D eigenvalue weighted by Gasteiger charge is 2.34. The molecule has 3 nitrogen and oxygen atoms in total. The molecule has 1 unspecified atom stereocenters. The minimum atomic E-state index is -0.0108. The summed E-state index contributed by atoms with van der Waals surface area (Å²) in [6.45, 7) is 3.26. The number of carbonyl (C=O) groups excluding carboxylic acids is 1. The zero-order chi connectivity index (χ0) is 14.7. The van der Waals surface area contributed by atoms with Gasteiger partial charge in [-0.25, -0.2) is 0 Å². The fourth-order valence-corrected chi connectivity index (χ4v) is 2.61. The van der Waals surface area contributed by atoms with Crippen LogP contribution in [0.5, 0.6) is 0 Å². The topological polar surface area (TPSA) is 32.3 Å². The van der Waals surface area contributed by atoms with Crippen molar-refractivity contribution >= 4 is 29.1 Å². The number of halogens is 2. The molecule has 0 saturated heterocycles. The van der Waals surface area contributed by atoms with Crippen LogP contribution in [0.3, 0.4) is 0 Å². The van der Waals surface area contributed by atoms with Crippen molar-refractivity contribution in [1.29, 1.82) is 0 Å². The molecule has 1 atom stereocenters. The van der Waals surface area contributed by atoms with E-state index in [1.807, 2.05) is 31.0 Å². The molecule has 0 heterocycles. The van der Waals surface area contributed by atoms with Crippen molar-refractivity contribution in [3.63, 3.8) is 0 Å². The maximum Gasteiger partial charge on any atom is 0.227 e. The van der Waals surface area contributed by atoms with Gasteiger partial charge in [-0.05, 0) is 37.6 Å². The van der Waals surface area contributed by atoms with Crippen LogP contribution in [0.25, 0.3) is 0 Å². The Morgan fingerprint density at radius 1 is 1.40 bits per heavy atom. The number of benzene rings is 1. The van der Waals surface area contributed by atoms with Crippen molar-refractivity contribution in [2.24, 2.45) is 5.92 Å². The molecule has 0 bridgehead atoms. The smallest absolute Gasteiger partial charge is 0.227 e. The number of hydrogen-bond donors (Lipinski definition) is 1. The summed E-state index contributed by atoms with van der Waals surface area (Å²) in [4.78, 5) is 14.5. The molecule has 1 saturated carbocycles. The molecule has 1 aromatic rings. The lowest BCUT2D eigenvalue weighted by atomic mass is 10.1. The van der Waals surface area contributed by atoms with E-state index in [2.05, 4.69) is 5.32 Å². The third-order valence-electron chi connectivity index (χ3n) is 3.54. The van der Waals surface area contributed by atoms with Crippen LogP contribution in [-0.2, 0) is 11.3 Å². The molecular weight excluding hydrogens is 295 g/mol. The molecule has 1 aliphatic rings. The maximum absolute atomic E-state index is 12.5. The highest BCUT2D eigenvalue weighted by molar-refractivity contribution is 6.42. The summed E-state index contributed by atoms with van der Waals surface area (Å²) in [5, 5.41) is 4.14. The molecule has 1 amide bonds. The second-order valence-corrected chi connectivity index (χ2v) is 6.22. The van der Waals surface area contributed by atoms with E-state index in [-0.39, 0.29) is 11.8 Å². The number of carbonyl (C=O) groups is 1. The number of nitrogens with one attached hydrogen (secondary N) is 1. The maximum atomic E-state index is 12.5. The van der Waals surface area contributed by atoms with E-state index in [4.69, 9.17) is 23.2 Å². The fraction of sp³-hybridized carbons (Fsp3) is 0.533. The third-order valence-corrected chi connectivity index (χ3v) is 4.28. The van der Waals surface area contributed by atoms with E-state index in [9.17, 15) is 4.79 Å². The number of rotatable bonds is 6. The van der Waals surface area contributed by atoms with Crippen LogP contribution in [-0.4, -0.2) is 30.4 Å². The molecule has 1 N–H and O–H groups in total. The second kappa shape index (κ2) is 6.79. The number of amides is 1. The monoisotopic (exact) mass is 314 g/mol. The first-order valence-electron chi connectivity index (χ1n) is 6.92. The molecule has 5 heteroatoms. The molecule has 0 aromatic heterocycles. The SMILES string of the molecule is CNCC(C)C(=O)N(Cc1ccc(Cl)c(Cl)c1)C1CC1. The van der Waals surface area contributed by atoms with Gasteiger partial charge in [0.25, 0.3) is 0 Å². The van der Waals surface area contributed by atoms with Gasteiger partial charge in [0.15, 0.2) is 0 Å². The standard InChI is InChI=1S/C15H20Cl2N2O/c1-10(8-18-2)15(20)19(12-4-5-12)9-11-3-6-13(16)14(17)7-11/h3,6-7,10,12,18H,4-5,8-9H2,1-2H3. The van der Waals surface area contributed by atoms with Gasteiger partial charge in [-0.15, -0.1) is 0 Å². The van der Waals surface area contributed by atoms with E-state index >= 15 is 0 Å². The molecule has 2 rings (SSSR count). The average molecular weight is 315 g/mol. The Labute approximate surface area is 130 Å². The van der Waals surface area contributed by atoms with Crippen LogP contribution in [0.2, 0.25) is 10.0 Å². The molecule has 20 heavy (non-hydrogen) atoms. The Morgan fingerprint density at radius 3 is 2.65 bits per heavy atom. The average Bonchev–Trinajstić information content (AvgIpc) is 3.24. The van der Waals surface area contributed by atoms with Gasteiger partial charge in [-0.1, -0.05) is 36.2 Å². The highest BCUT2D eigenvalue weighted by atomic mass is 35.5. The molecule has 110 valence electrons. The summed E-state index contributed by atoms with van der Waals surface area (Å²) in [5.41, 5.74) is 1.02. The zero-order valence-corrected chi connectivity index (χ0v) is 13.3. The van der Waals surface area contributed by atoms with Crippen molar-refractivity contribution in [1.82, 2.24) is 10.2 Å². The summed E-state index contributed by atoms with van der Waals surface area (Å²) in [6.07, 6.45) is 2.19. The van der Waals surface area contributed by atoms with Crippen LogP contribution in [0.4, 0.5) is 0 Å². The first-order valence-corrected chi connectivity index (χ1v) is 7.67. The largest absolute Gasteiger partial charge is 0.335 e. The van der Waals surface area contributed by atoms with Gasteiger partial charge in [-0.2, -0.15) is 0 Å². The second-order valence-electron chi connectivity index (χ2n) is 5.40. The first-order chi connectivity index (χ1) is 9.52. The van der Waals surface area contributed by atoms with Gasteiger partial charge in [0.1, 0.15) is 0 Å². The van der Waals surface area contributed by atoms with Gasteiger partial charge in [0, 0.05) is 25.0 Å².